The summed E-state index contributed by atoms with van der Waals surface area (Å²) in [5.74, 6) is -0.448. The third-order valence-electron chi connectivity index (χ3n) is 6.26. The molecule has 3 aliphatic heterocycles. The van der Waals surface area contributed by atoms with E-state index in [1.165, 1.54) is 38.1 Å². The number of amides is 2. The summed E-state index contributed by atoms with van der Waals surface area (Å²) in [6.45, 7) is 4.82. The molecule has 0 bridgehead atoms. The van der Waals surface area contributed by atoms with E-state index >= 15 is 0 Å². The Morgan fingerprint density at radius 1 is 1.11 bits per heavy atom. The number of rotatable bonds is 4. The van der Waals surface area contributed by atoms with Crippen molar-refractivity contribution in [2.45, 2.75) is 44.7 Å². The van der Waals surface area contributed by atoms with Crippen LogP contribution in [0.15, 0.2) is 24.3 Å². The maximum absolute atomic E-state index is 13.4. The van der Waals surface area contributed by atoms with Gasteiger partial charge >= 0.3 is 0 Å². The second-order valence-corrected chi connectivity index (χ2v) is 8.10. The third kappa shape index (κ3) is 4.15. The molecule has 146 valence electrons. The van der Waals surface area contributed by atoms with Crippen molar-refractivity contribution in [3.05, 3.63) is 35.6 Å². The number of nitrogens with zero attached hydrogens (tertiary/aromatic N) is 3. The molecule has 0 radical (unpaired) electrons. The molecule has 0 aliphatic carbocycles. The summed E-state index contributed by atoms with van der Waals surface area (Å²) in [5.41, 5.74) is 0.767. The molecule has 27 heavy (non-hydrogen) atoms. The van der Waals surface area contributed by atoms with E-state index < -0.39 is 0 Å². The van der Waals surface area contributed by atoms with Crippen LogP contribution in [0.25, 0.3) is 0 Å². The molecule has 0 aromatic heterocycles. The van der Waals surface area contributed by atoms with E-state index in [4.69, 9.17) is 0 Å². The van der Waals surface area contributed by atoms with Crippen molar-refractivity contribution < 1.29 is 14.0 Å². The fourth-order valence-corrected chi connectivity index (χ4v) is 4.76. The predicted octanol–water partition coefficient (Wildman–Crippen LogP) is 2.26. The second-order valence-electron chi connectivity index (χ2n) is 8.10. The fraction of sp³-hybridized carbons (Fsp3) is 0.619. The first-order valence-corrected chi connectivity index (χ1v) is 10.2. The Balaban J connectivity index is 1.30. The van der Waals surface area contributed by atoms with Crippen molar-refractivity contribution in [1.29, 1.82) is 0 Å². The summed E-state index contributed by atoms with van der Waals surface area (Å²) in [6, 6.07) is 6.93. The lowest BCUT2D eigenvalue weighted by molar-refractivity contribution is -0.137. The molecule has 1 atom stereocenters. The minimum atomic E-state index is -0.298. The zero-order valence-corrected chi connectivity index (χ0v) is 15.8. The van der Waals surface area contributed by atoms with Crippen molar-refractivity contribution in [2.24, 2.45) is 5.92 Å². The van der Waals surface area contributed by atoms with E-state index in [1.807, 2.05) is 11.0 Å². The Hall–Kier alpha value is -1.95. The fourth-order valence-electron chi connectivity index (χ4n) is 4.76. The summed E-state index contributed by atoms with van der Waals surface area (Å²) in [7, 11) is 0. The number of halogens is 1. The lowest BCUT2D eigenvalue weighted by Crippen LogP contribution is -2.47. The van der Waals surface area contributed by atoms with Gasteiger partial charge in [0.25, 0.3) is 0 Å². The number of piperidine rings is 1. The highest BCUT2D eigenvalue weighted by Crippen LogP contribution is 2.26. The van der Waals surface area contributed by atoms with Gasteiger partial charge in [0, 0.05) is 38.6 Å². The van der Waals surface area contributed by atoms with Gasteiger partial charge < -0.3 is 14.7 Å². The van der Waals surface area contributed by atoms with E-state index in [0.29, 0.717) is 19.1 Å². The Bertz CT molecular complexity index is 696. The summed E-state index contributed by atoms with van der Waals surface area (Å²) >= 11 is 0. The normalized spacial score (nSPS) is 24.8. The molecule has 5 nitrogen and oxygen atoms in total. The zero-order valence-electron chi connectivity index (χ0n) is 15.8. The lowest BCUT2D eigenvalue weighted by atomic mass is 10.0. The van der Waals surface area contributed by atoms with Gasteiger partial charge in [-0.1, -0.05) is 12.1 Å². The van der Waals surface area contributed by atoms with Crippen molar-refractivity contribution in [3.8, 4) is 0 Å². The molecule has 0 N–H and O–H groups in total. The zero-order chi connectivity index (χ0) is 18.8. The maximum Gasteiger partial charge on any atom is 0.227 e. The topological polar surface area (TPSA) is 43.9 Å². The van der Waals surface area contributed by atoms with Crippen LogP contribution in [0.4, 0.5) is 4.39 Å². The monoisotopic (exact) mass is 373 g/mol. The van der Waals surface area contributed by atoms with E-state index in [2.05, 4.69) is 4.90 Å². The van der Waals surface area contributed by atoms with E-state index in [1.54, 1.807) is 11.0 Å². The van der Waals surface area contributed by atoms with Gasteiger partial charge in [0.05, 0.1) is 5.92 Å². The van der Waals surface area contributed by atoms with Crippen LogP contribution >= 0.6 is 0 Å². The molecule has 3 heterocycles. The number of hydrogen-bond acceptors (Lipinski definition) is 3. The van der Waals surface area contributed by atoms with Crippen LogP contribution in [0.2, 0.25) is 0 Å². The minimum Gasteiger partial charge on any atom is -0.342 e. The molecule has 3 aliphatic rings. The van der Waals surface area contributed by atoms with Crippen molar-refractivity contribution in [1.82, 2.24) is 14.7 Å². The highest BCUT2D eigenvalue weighted by Gasteiger charge is 2.38. The first-order chi connectivity index (χ1) is 13.1. The highest BCUT2D eigenvalue weighted by atomic mass is 19.1. The number of benzene rings is 1. The van der Waals surface area contributed by atoms with Gasteiger partial charge in [-0.05, 0) is 56.5 Å². The SMILES string of the molecule is O=C1C[C@@H](C(=O)N2CCC(N3CCCC3)CC2)CN1Cc1cccc(F)c1. The van der Waals surface area contributed by atoms with Crippen molar-refractivity contribution in [3.63, 3.8) is 0 Å². The van der Waals surface area contributed by atoms with E-state index in [0.717, 1.165) is 31.5 Å². The maximum atomic E-state index is 13.4. The summed E-state index contributed by atoms with van der Waals surface area (Å²) < 4.78 is 13.4. The van der Waals surface area contributed by atoms with Crippen molar-refractivity contribution in [2.75, 3.05) is 32.7 Å². The molecule has 1 aromatic carbocycles. The van der Waals surface area contributed by atoms with Crippen LogP contribution in [0.3, 0.4) is 0 Å². The van der Waals surface area contributed by atoms with Crippen LogP contribution in [0.1, 0.15) is 37.7 Å². The first kappa shape index (κ1) is 18.4. The van der Waals surface area contributed by atoms with Crippen molar-refractivity contribution >= 4 is 11.8 Å². The number of hydrogen-bond donors (Lipinski definition) is 0. The second kappa shape index (κ2) is 7.97. The summed E-state index contributed by atoms with van der Waals surface area (Å²) in [6.07, 6.45) is 4.95. The molecular formula is C21H28FN3O2. The average Bonchev–Trinajstić information content (AvgIpc) is 3.32. The summed E-state index contributed by atoms with van der Waals surface area (Å²) in [4.78, 5) is 31.5. The van der Waals surface area contributed by atoms with Crippen LogP contribution in [0.5, 0.6) is 0 Å². The van der Waals surface area contributed by atoms with Gasteiger partial charge in [0.15, 0.2) is 0 Å². The van der Waals surface area contributed by atoms with E-state index in [-0.39, 0.29) is 30.0 Å². The number of carbonyl (C=O) groups excluding carboxylic acids is 2. The molecule has 0 spiro atoms. The average molecular weight is 373 g/mol. The Morgan fingerprint density at radius 2 is 1.85 bits per heavy atom. The Morgan fingerprint density at radius 3 is 2.56 bits per heavy atom. The Labute approximate surface area is 160 Å². The minimum absolute atomic E-state index is 0.00966. The van der Waals surface area contributed by atoms with Gasteiger partial charge in [-0.25, -0.2) is 4.39 Å². The van der Waals surface area contributed by atoms with Gasteiger partial charge in [-0.3, -0.25) is 9.59 Å². The van der Waals surface area contributed by atoms with Gasteiger partial charge in [-0.2, -0.15) is 0 Å². The Kier molecular flexibility index (Phi) is 5.43. The molecule has 3 fully saturated rings. The molecular weight excluding hydrogens is 345 g/mol. The smallest absolute Gasteiger partial charge is 0.227 e. The summed E-state index contributed by atoms with van der Waals surface area (Å²) in [5, 5.41) is 0. The quantitative estimate of drug-likeness (QED) is 0.813. The lowest BCUT2D eigenvalue weighted by Gasteiger charge is -2.37. The molecule has 3 saturated heterocycles. The number of carbonyl (C=O) groups is 2. The van der Waals surface area contributed by atoms with Gasteiger partial charge in [-0.15, -0.1) is 0 Å². The molecule has 0 saturated carbocycles. The third-order valence-corrected chi connectivity index (χ3v) is 6.26. The molecule has 0 unspecified atom stereocenters. The predicted molar refractivity (Wildman–Crippen MR) is 100 cm³/mol. The van der Waals surface area contributed by atoms with Gasteiger partial charge in [0.2, 0.25) is 11.8 Å². The molecule has 2 amide bonds. The van der Waals surface area contributed by atoms with Gasteiger partial charge in [0.1, 0.15) is 5.82 Å². The van der Waals surface area contributed by atoms with E-state index in [9.17, 15) is 14.0 Å². The van der Waals surface area contributed by atoms with Crippen LogP contribution in [0, 0.1) is 11.7 Å². The standard InChI is InChI=1S/C21H28FN3O2/c22-18-5-3-4-16(12-18)14-25-15-17(13-20(25)26)21(27)24-10-6-19(7-11-24)23-8-1-2-9-23/h3-5,12,17,19H,1-2,6-11,13-15H2/t17-/m1/s1. The van der Waals surface area contributed by atoms with Crippen LogP contribution in [-0.4, -0.2) is 65.3 Å². The molecule has 1 aromatic rings. The number of likely N-dealkylation sites (tertiary alicyclic amines) is 3. The van der Waals surface area contributed by atoms with Crippen LogP contribution < -0.4 is 0 Å². The molecule has 6 heteroatoms. The largest absolute Gasteiger partial charge is 0.342 e. The highest BCUT2D eigenvalue weighted by molar-refractivity contribution is 5.89. The first-order valence-electron chi connectivity index (χ1n) is 10.2. The van der Waals surface area contributed by atoms with Crippen LogP contribution in [-0.2, 0) is 16.1 Å². The molecule has 4 rings (SSSR count).